The molecule has 0 unspecified atom stereocenters. The molecule has 1 amide bonds. The summed E-state index contributed by atoms with van der Waals surface area (Å²) in [6.07, 6.45) is 2.61. The number of anilines is 1. The first kappa shape index (κ1) is 18.7. The van der Waals surface area contributed by atoms with Crippen LogP contribution in [0.5, 0.6) is 0 Å². The van der Waals surface area contributed by atoms with Crippen LogP contribution >= 0.6 is 0 Å². The number of benzene rings is 1. The molecule has 7 nitrogen and oxygen atoms in total. The molecule has 1 aromatic rings. The van der Waals surface area contributed by atoms with E-state index < -0.39 is 16.0 Å². The first-order chi connectivity index (χ1) is 10.8. The SMILES string of the molecule is C=CCNC(=O)CCN(c1ccc(C(=O)OC)cc1)S(C)(=O)=O. The molecule has 1 rings (SSSR count). The summed E-state index contributed by atoms with van der Waals surface area (Å²) in [5.41, 5.74) is 0.685. The van der Waals surface area contributed by atoms with Gasteiger partial charge >= 0.3 is 5.97 Å². The Hall–Kier alpha value is -2.35. The van der Waals surface area contributed by atoms with Crippen molar-refractivity contribution >= 4 is 27.6 Å². The lowest BCUT2D eigenvalue weighted by molar-refractivity contribution is -0.120. The Labute approximate surface area is 136 Å². The van der Waals surface area contributed by atoms with Crippen LogP contribution < -0.4 is 9.62 Å². The van der Waals surface area contributed by atoms with Crippen LogP contribution in [0.25, 0.3) is 0 Å². The smallest absolute Gasteiger partial charge is 0.337 e. The van der Waals surface area contributed by atoms with E-state index in [2.05, 4.69) is 16.6 Å². The van der Waals surface area contributed by atoms with Gasteiger partial charge in [-0.25, -0.2) is 13.2 Å². The molecule has 1 aromatic carbocycles. The molecule has 0 saturated heterocycles. The molecule has 126 valence electrons. The molecule has 0 aliphatic rings. The van der Waals surface area contributed by atoms with Gasteiger partial charge in [-0.05, 0) is 24.3 Å². The van der Waals surface area contributed by atoms with Crippen molar-refractivity contribution in [2.45, 2.75) is 6.42 Å². The maximum atomic E-state index is 11.9. The zero-order valence-electron chi connectivity index (χ0n) is 13.1. The number of nitrogens with one attached hydrogen (secondary N) is 1. The predicted molar refractivity (Wildman–Crippen MR) is 87.8 cm³/mol. The molecule has 8 heteroatoms. The van der Waals surface area contributed by atoms with Gasteiger partial charge in [0.05, 0.1) is 24.6 Å². The standard InChI is InChI=1S/C15H20N2O5S/c1-4-10-16-14(18)9-11-17(23(3,20)21)13-7-5-12(6-8-13)15(19)22-2/h4-8H,1,9-11H2,2-3H3,(H,16,18). The Bertz CT molecular complexity index is 668. The molecule has 0 saturated carbocycles. The number of ether oxygens (including phenoxy) is 1. The third-order valence-corrected chi connectivity index (χ3v) is 4.16. The van der Waals surface area contributed by atoms with Crippen molar-refractivity contribution in [1.82, 2.24) is 5.32 Å². The van der Waals surface area contributed by atoms with Crippen LogP contribution in [0.15, 0.2) is 36.9 Å². The number of carbonyl (C=O) groups excluding carboxylic acids is 2. The number of rotatable bonds is 8. The minimum absolute atomic E-state index is 0.000615. The number of carbonyl (C=O) groups is 2. The summed E-state index contributed by atoms with van der Waals surface area (Å²) in [6, 6.07) is 5.93. The van der Waals surface area contributed by atoms with Crippen molar-refractivity contribution in [3.8, 4) is 0 Å². The zero-order valence-corrected chi connectivity index (χ0v) is 13.9. The molecule has 0 radical (unpaired) electrons. The lowest BCUT2D eigenvalue weighted by atomic mass is 10.2. The van der Waals surface area contributed by atoms with E-state index in [1.54, 1.807) is 0 Å². The van der Waals surface area contributed by atoms with Crippen LogP contribution in [-0.2, 0) is 19.6 Å². The molecule has 1 N–H and O–H groups in total. The third-order valence-electron chi connectivity index (χ3n) is 2.96. The van der Waals surface area contributed by atoms with Crippen molar-refractivity contribution in [2.75, 3.05) is 30.8 Å². The van der Waals surface area contributed by atoms with E-state index in [9.17, 15) is 18.0 Å². The molecule has 0 bridgehead atoms. The van der Waals surface area contributed by atoms with E-state index in [0.717, 1.165) is 10.6 Å². The Morgan fingerprint density at radius 1 is 1.30 bits per heavy atom. The maximum Gasteiger partial charge on any atom is 0.337 e. The van der Waals surface area contributed by atoms with Gasteiger partial charge in [-0.1, -0.05) is 6.08 Å². The van der Waals surface area contributed by atoms with Crippen LogP contribution in [0.2, 0.25) is 0 Å². The summed E-state index contributed by atoms with van der Waals surface area (Å²) in [6.45, 7) is 3.81. The topological polar surface area (TPSA) is 92.8 Å². The number of hydrogen-bond acceptors (Lipinski definition) is 5. The highest BCUT2D eigenvalue weighted by molar-refractivity contribution is 7.92. The fraction of sp³-hybridized carbons (Fsp3) is 0.333. The average molecular weight is 340 g/mol. The van der Waals surface area contributed by atoms with Crippen molar-refractivity contribution in [3.05, 3.63) is 42.5 Å². The lowest BCUT2D eigenvalue weighted by Gasteiger charge is -2.22. The number of sulfonamides is 1. The van der Waals surface area contributed by atoms with Crippen molar-refractivity contribution < 1.29 is 22.7 Å². The van der Waals surface area contributed by atoms with Crippen molar-refractivity contribution in [2.24, 2.45) is 0 Å². The minimum Gasteiger partial charge on any atom is -0.465 e. The third kappa shape index (κ3) is 5.74. The molecule has 0 heterocycles. The largest absolute Gasteiger partial charge is 0.465 e. The monoisotopic (exact) mass is 340 g/mol. The molecule has 0 fully saturated rings. The average Bonchev–Trinajstić information content (AvgIpc) is 2.51. The van der Waals surface area contributed by atoms with Gasteiger partial charge in [0.1, 0.15) is 0 Å². The molecule has 0 atom stereocenters. The van der Waals surface area contributed by atoms with E-state index in [1.807, 2.05) is 0 Å². The minimum atomic E-state index is -3.56. The molecule has 0 aliphatic carbocycles. The second-order valence-corrected chi connectivity index (χ2v) is 6.62. The number of hydrogen-bond donors (Lipinski definition) is 1. The molecule has 0 aliphatic heterocycles. The fourth-order valence-corrected chi connectivity index (χ4v) is 2.77. The number of nitrogens with zero attached hydrogens (tertiary/aromatic N) is 1. The van der Waals surface area contributed by atoms with Crippen LogP contribution in [0.3, 0.4) is 0 Å². The summed E-state index contributed by atoms with van der Waals surface area (Å²) in [7, 11) is -2.29. The normalized spacial score (nSPS) is 10.7. The quantitative estimate of drug-likeness (QED) is 0.561. The Morgan fingerprint density at radius 2 is 1.91 bits per heavy atom. The number of amides is 1. The molecular formula is C15H20N2O5S. The van der Waals surface area contributed by atoms with Crippen LogP contribution in [0.4, 0.5) is 5.69 Å². The molecule has 23 heavy (non-hydrogen) atoms. The second-order valence-electron chi connectivity index (χ2n) is 4.72. The van der Waals surface area contributed by atoms with E-state index >= 15 is 0 Å². The number of esters is 1. The Balaban J connectivity index is 2.89. The Kier molecular flexibility index (Phi) is 6.77. The van der Waals surface area contributed by atoms with Gasteiger partial charge in [0.15, 0.2) is 0 Å². The summed E-state index contributed by atoms with van der Waals surface area (Å²) < 4.78 is 29.5. The molecule has 0 spiro atoms. The first-order valence-corrected chi connectivity index (χ1v) is 8.68. The van der Waals surface area contributed by atoms with Crippen LogP contribution in [-0.4, -0.2) is 46.7 Å². The van der Waals surface area contributed by atoms with E-state index in [0.29, 0.717) is 17.8 Å². The van der Waals surface area contributed by atoms with E-state index in [-0.39, 0.29) is 18.9 Å². The summed E-state index contributed by atoms with van der Waals surface area (Å²) in [4.78, 5) is 23.0. The van der Waals surface area contributed by atoms with Gasteiger partial charge in [0, 0.05) is 19.5 Å². The summed E-state index contributed by atoms with van der Waals surface area (Å²) in [5, 5.41) is 2.58. The molecular weight excluding hydrogens is 320 g/mol. The maximum absolute atomic E-state index is 11.9. The highest BCUT2D eigenvalue weighted by Gasteiger charge is 2.19. The van der Waals surface area contributed by atoms with Crippen LogP contribution in [0.1, 0.15) is 16.8 Å². The van der Waals surface area contributed by atoms with E-state index in [1.165, 1.54) is 37.5 Å². The zero-order chi connectivity index (χ0) is 17.5. The Morgan fingerprint density at radius 3 is 2.39 bits per heavy atom. The van der Waals surface area contributed by atoms with Gasteiger partial charge in [0.25, 0.3) is 0 Å². The van der Waals surface area contributed by atoms with Crippen molar-refractivity contribution in [1.29, 1.82) is 0 Å². The van der Waals surface area contributed by atoms with Crippen molar-refractivity contribution in [3.63, 3.8) is 0 Å². The highest BCUT2D eigenvalue weighted by atomic mass is 32.2. The fourth-order valence-electron chi connectivity index (χ4n) is 1.85. The van der Waals surface area contributed by atoms with Gasteiger partial charge in [-0.3, -0.25) is 9.10 Å². The van der Waals surface area contributed by atoms with E-state index in [4.69, 9.17) is 0 Å². The summed E-state index contributed by atoms with van der Waals surface area (Å²) in [5.74, 6) is -0.781. The number of methoxy groups -OCH3 is 1. The lowest BCUT2D eigenvalue weighted by Crippen LogP contribution is -2.34. The van der Waals surface area contributed by atoms with Gasteiger partial charge in [-0.15, -0.1) is 6.58 Å². The summed E-state index contributed by atoms with van der Waals surface area (Å²) >= 11 is 0. The van der Waals surface area contributed by atoms with Gasteiger partial charge in [0.2, 0.25) is 15.9 Å². The first-order valence-electron chi connectivity index (χ1n) is 6.83. The van der Waals surface area contributed by atoms with Gasteiger partial charge < -0.3 is 10.1 Å². The molecule has 0 aromatic heterocycles. The highest BCUT2D eigenvalue weighted by Crippen LogP contribution is 2.19. The predicted octanol–water partition coefficient (Wildman–Crippen LogP) is 0.932. The van der Waals surface area contributed by atoms with Crippen LogP contribution in [0, 0.1) is 0 Å². The second kappa shape index (κ2) is 8.33. The van der Waals surface area contributed by atoms with Gasteiger partial charge in [-0.2, -0.15) is 0 Å².